The van der Waals surface area contributed by atoms with Gasteiger partial charge in [-0.1, -0.05) is 31.1 Å². The lowest BCUT2D eigenvalue weighted by molar-refractivity contribution is -0.134. The van der Waals surface area contributed by atoms with Gasteiger partial charge < -0.3 is 15.2 Å². The van der Waals surface area contributed by atoms with Crippen LogP contribution in [0, 0.1) is 11.7 Å². The second-order valence-corrected chi connectivity index (χ2v) is 7.32. The van der Waals surface area contributed by atoms with Crippen LogP contribution in [0.5, 0.6) is 0 Å². The van der Waals surface area contributed by atoms with Crippen molar-refractivity contribution >= 4 is 11.8 Å². The van der Waals surface area contributed by atoms with E-state index in [2.05, 4.69) is 28.9 Å². The molecule has 1 aliphatic heterocycles. The maximum absolute atomic E-state index is 13.2. The van der Waals surface area contributed by atoms with Crippen LogP contribution in [0.3, 0.4) is 0 Å². The standard InChI is InChI=1S/C19H24FN5O3/c1-12(2)15-10-24(11-16-22-19(18(21)27)23-28-16)8-7-17(26)25(15)9-13-3-5-14(20)6-4-13/h3-6,12,15H,7-11H2,1-2H3,(H2,21,27)/t15-/m1/s1. The van der Waals surface area contributed by atoms with Gasteiger partial charge in [0.1, 0.15) is 5.82 Å². The zero-order valence-corrected chi connectivity index (χ0v) is 16.0. The third-order valence-corrected chi connectivity index (χ3v) is 4.89. The zero-order valence-electron chi connectivity index (χ0n) is 16.0. The molecule has 0 spiro atoms. The summed E-state index contributed by atoms with van der Waals surface area (Å²) in [7, 11) is 0. The minimum atomic E-state index is -0.744. The second-order valence-electron chi connectivity index (χ2n) is 7.32. The largest absolute Gasteiger partial charge is 0.363 e. The Hall–Kier alpha value is -2.81. The number of halogens is 1. The van der Waals surface area contributed by atoms with Crippen molar-refractivity contribution in [1.29, 1.82) is 0 Å². The first kappa shape index (κ1) is 19.9. The number of rotatable bonds is 6. The number of nitrogens with zero attached hydrogens (tertiary/aromatic N) is 4. The molecule has 2 N–H and O–H groups in total. The minimum Gasteiger partial charge on any atom is -0.363 e. The molecule has 150 valence electrons. The number of primary amides is 1. The Kier molecular flexibility index (Phi) is 6.03. The number of hydrogen-bond donors (Lipinski definition) is 1. The zero-order chi connectivity index (χ0) is 20.3. The van der Waals surface area contributed by atoms with Crippen LogP contribution in [0.4, 0.5) is 4.39 Å². The molecule has 1 saturated heterocycles. The van der Waals surface area contributed by atoms with Crippen molar-refractivity contribution in [1.82, 2.24) is 19.9 Å². The summed E-state index contributed by atoms with van der Waals surface area (Å²) < 4.78 is 18.3. The summed E-state index contributed by atoms with van der Waals surface area (Å²) in [6.45, 7) is 6.06. The van der Waals surface area contributed by atoms with E-state index < -0.39 is 5.91 Å². The molecule has 1 atom stereocenters. The van der Waals surface area contributed by atoms with E-state index in [4.69, 9.17) is 10.3 Å². The highest BCUT2D eigenvalue weighted by atomic mass is 19.1. The van der Waals surface area contributed by atoms with Crippen LogP contribution < -0.4 is 5.73 Å². The molecule has 28 heavy (non-hydrogen) atoms. The first-order chi connectivity index (χ1) is 13.3. The van der Waals surface area contributed by atoms with Crippen molar-refractivity contribution < 1.29 is 18.5 Å². The SMILES string of the molecule is CC(C)[C@H]1CN(Cc2nc(C(N)=O)no2)CCC(=O)N1Cc1ccc(F)cc1. The number of hydrogen-bond acceptors (Lipinski definition) is 6. The lowest BCUT2D eigenvalue weighted by atomic mass is 10.0. The van der Waals surface area contributed by atoms with Gasteiger partial charge in [0, 0.05) is 32.1 Å². The third kappa shape index (κ3) is 4.72. The Morgan fingerprint density at radius 1 is 1.32 bits per heavy atom. The van der Waals surface area contributed by atoms with Crippen molar-refractivity contribution in [2.75, 3.05) is 13.1 Å². The summed E-state index contributed by atoms with van der Waals surface area (Å²) in [6.07, 6.45) is 0.348. The van der Waals surface area contributed by atoms with E-state index in [9.17, 15) is 14.0 Å². The second kappa shape index (κ2) is 8.47. The fourth-order valence-electron chi connectivity index (χ4n) is 3.35. The van der Waals surface area contributed by atoms with Crippen molar-refractivity contribution in [2.45, 2.75) is 39.4 Å². The van der Waals surface area contributed by atoms with Crippen LogP contribution >= 0.6 is 0 Å². The number of nitrogens with two attached hydrogens (primary N) is 1. The molecule has 3 rings (SSSR count). The summed E-state index contributed by atoms with van der Waals surface area (Å²) in [5.41, 5.74) is 6.04. The molecule has 8 nitrogen and oxygen atoms in total. The van der Waals surface area contributed by atoms with E-state index in [1.165, 1.54) is 12.1 Å². The summed E-state index contributed by atoms with van der Waals surface area (Å²) in [4.78, 5) is 31.8. The molecule has 1 aromatic carbocycles. The Balaban J connectivity index is 1.75. The quantitative estimate of drug-likeness (QED) is 0.804. The minimum absolute atomic E-state index is 0.0291. The van der Waals surface area contributed by atoms with Gasteiger partial charge in [-0.25, -0.2) is 4.39 Å². The average molecular weight is 389 g/mol. The first-order valence-electron chi connectivity index (χ1n) is 9.22. The van der Waals surface area contributed by atoms with Crippen LogP contribution in [0.2, 0.25) is 0 Å². The van der Waals surface area contributed by atoms with E-state index in [-0.39, 0.29) is 35.4 Å². The highest BCUT2D eigenvalue weighted by Crippen LogP contribution is 2.22. The molecule has 1 fully saturated rings. The summed E-state index contributed by atoms with van der Waals surface area (Å²) in [5.74, 6) is -0.642. The highest BCUT2D eigenvalue weighted by Gasteiger charge is 2.32. The third-order valence-electron chi connectivity index (χ3n) is 4.89. The summed E-state index contributed by atoms with van der Waals surface area (Å²) in [6, 6.07) is 6.18. The molecule has 0 aliphatic carbocycles. The van der Waals surface area contributed by atoms with E-state index in [1.807, 2.05) is 4.90 Å². The molecule has 0 radical (unpaired) electrons. The lowest BCUT2D eigenvalue weighted by Gasteiger charge is -2.34. The molecule has 0 unspecified atom stereocenters. The fourth-order valence-corrected chi connectivity index (χ4v) is 3.35. The van der Waals surface area contributed by atoms with E-state index in [1.54, 1.807) is 12.1 Å². The highest BCUT2D eigenvalue weighted by molar-refractivity contribution is 5.88. The van der Waals surface area contributed by atoms with Crippen LogP contribution in [-0.4, -0.2) is 50.9 Å². The van der Waals surface area contributed by atoms with E-state index in [0.717, 1.165) is 5.56 Å². The van der Waals surface area contributed by atoms with Gasteiger partial charge in [0.25, 0.3) is 11.7 Å². The van der Waals surface area contributed by atoms with E-state index >= 15 is 0 Å². The molecule has 0 bridgehead atoms. The Bertz CT molecular complexity index is 836. The van der Waals surface area contributed by atoms with Crippen LogP contribution in [0.15, 0.2) is 28.8 Å². The number of amides is 2. The average Bonchev–Trinajstić information content (AvgIpc) is 3.06. The molecule has 0 saturated carbocycles. The van der Waals surface area contributed by atoms with Crippen molar-refractivity contribution in [3.63, 3.8) is 0 Å². The van der Waals surface area contributed by atoms with Crippen LogP contribution in [-0.2, 0) is 17.9 Å². The van der Waals surface area contributed by atoms with Gasteiger partial charge in [-0.15, -0.1) is 0 Å². The molecular weight excluding hydrogens is 365 g/mol. The maximum atomic E-state index is 13.2. The Morgan fingerprint density at radius 3 is 2.64 bits per heavy atom. The Labute approximate surface area is 162 Å². The van der Waals surface area contributed by atoms with Gasteiger partial charge >= 0.3 is 0 Å². The molecule has 1 aromatic heterocycles. The number of carbonyl (C=O) groups excluding carboxylic acids is 2. The predicted molar refractivity (Wildman–Crippen MR) is 98.3 cm³/mol. The summed E-state index contributed by atoms with van der Waals surface area (Å²) in [5, 5.41) is 3.56. The van der Waals surface area contributed by atoms with Gasteiger partial charge in [-0.2, -0.15) is 4.98 Å². The van der Waals surface area contributed by atoms with Gasteiger partial charge in [-0.05, 0) is 23.6 Å². The van der Waals surface area contributed by atoms with Crippen molar-refractivity contribution in [2.24, 2.45) is 11.7 Å². The molecule has 1 aliphatic rings. The van der Waals surface area contributed by atoms with Gasteiger partial charge in [0.15, 0.2) is 0 Å². The molecule has 2 heterocycles. The maximum Gasteiger partial charge on any atom is 0.290 e. The monoisotopic (exact) mass is 389 g/mol. The molecule has 2 amide bonds. The molecule has 2 aromatic rings. The van der Waals surface area contributed by atoms with Gasteiger partial charge in [0.05, 0.1) is 6.54 Å². The number of carbonyl (C=O) groups is 2. The smallest absolute Gasteiger partial charge is 0.290 e. The predicted octanol–water partition coefficient (Wildman–Crippen LogP) is 1.57. The Morgan fingerprint density at radius 2 is 2.04 bits per heavy atom. The topological polar surface area (TPSA) is 106 Å². The molecule has 9 heteroatoms. The molecular formula is C19H24FN5O3. The lowest BCUT2D eigenvalue weighted by Crippen LogP contribution is -2.45. The van der Waals surface area contributed by atoms with E-state index in [0.29, 0.717) is 32.6 Å². The first-order valence-corrected chi connectivity index (χ1v) is 9.22. The van der Waals surface area contributed by atoms with Gasteiger partial charge in [0.2, 0.25) is 11.8 Å². The number of benzene rings is 1. The van der Waals surface area contributed by atoms with Crippen molar-refractivity contribution in [3.8, 4) is 0 Å². The van der Waals surface area contributed by atoms with Crippen LogP contribution in [0.25, 0.3) is 0 Å². The summed E-state index contributed by atoms with van der Waals surface area (Å²) >= 11 is 0. The van der Waals surface area contributed by atoms with Crippen molar-refractivity contribution in [3.05, 3.63) is 47.4 Å². The normalized spacial score (nSPS) is 18.5. The fraction of sp³-hybridized carbons (Fsp3) is 0.474. The van der Waals surface area contributed by atoms with Crippen LogP contribution in [0.1, 0.15) is 42.3 Å². The van der Waals surface area contributed by atoms with Gasteiger partial charge in [-0.3, -0.25) is 14.5 Å². The number of aromatic nitrogens is 2.